The predicted octanol–water partition coefficient (Wildman–Crippen LogP) is -0.481. The van der Waals surface area contributed by atoms with E-state index in [4.69, 9.17) is 0 Å². The van der Waals surface area contributed by atoms with Gasteiger partial charge in [-0.2, -0.15) is 0 Å². The molecule has 6 nitrogen and oxygen atoms in total. The van der Waals surface area contributed by atoms with Crippen molar-refractivity contribution in [2.75, 3.05) is 34.3 Å². The molecule has 1 heterocycles. The number of nitrogens with zero attached hydrogens (tertiary/aromatic N) is 1. The Morgan fingerprint density at radius 2 is 1.60 bits per heavy atom. The Morgan fingerprint density at radius 3 is 1.80 bits per heavy atom. The molecule has 7 heteroatoms. The Hall–Kier alpha value is -0.500. The molecule has 0 bridgehead atoms. The minimum atomic E-state index is -4.41. The van der Waals surface area contributed by atoms with Crippen molar-refractivity contribution in [3.63, 3.8) is 0 Å². The molecule has 15 heavy (non-hydrogen) atoms. The van der Waals surface area contributed by atoms with Gasteiger partial charge in [0.05, 0.1) is 47.1 Å². The van der Waals surface area contributed by atoms with E-state index in [-0.39, 0.29) is 0 Å². The molecule has 1 aliphatic heterocycles. The van der Waals surface area contributed by atoms with Crippen molar-refractivity contribution < 1.29 is 26.4 Å². The first-order chi connectivity index (χ1) is 6.66. The summed E-state index contributed by atoms with van der Waals surface area (Å²) in [5, 5.41) is 0. The van der Waals surface area contributed by atoms with Crippen LogP contribution in [0.5, 0.6) is 0 Å². The maximum atomic E-state index is 10.7. The largest absolute Gasteiger partial charge is 0.726 e. The lowest BCUT2D eigenvalue weighted by Crippen LogP contribution is -2.46. The van der Waals surface area contributed by atoms with Crippen molar-refractivity contribution >= 4 is 16.2 Å². The first kappa shape index (κ1) is 14.5. The van der Waals surface area contributed by atoms with Gasteiger partial charge in [0, 0.05) is 0 Å². The van der Waals surface area contributed by atoms with Crippen LogP contribution >= 0.6 is 0 Å². The molecule has 0 N–H and O–H groups in total. The van der Waals surface area contributed by atoms with E-state index in [2.05, 4.69) is 18.3 Å². The van der Waals surface area contributed by atoms with Crippen LogP contribution in [-0.4, -0.2) is 57.5 Å². The Kier molecular flexibility index (Phi) is 5.36. The van der Waals surface area contributed by atoms with Crippen LogP contribution in [0.3, 0.4) is 0 Å². The molecule has 90 valence electrons. The molecular weight excluding hydrogens is 222 g/mol. The standard InChI is InChI=1S/C7H14NO.CH4O4S/c1-8(2)5-3-7(9)4-6-8;1-5-6(2,3)4/h3-6H2,1-2H3;1H3,(H,2,3,4)/q+1;/p-1. The van der Waals surface area contributed by atoms with E-state index in [1.54, 1.807) is 0 Å². The zero-order chi connectivity index (χ0) is 12.1. The predicted molar refractivity (Wildman–Crippen MR) is 52.8 cm³/mol. The molecule has 0 aromatic heterocycles. The lowest BCUT2D eigenvalue weighted by molar-refractivity contribution is -0.891. The number of likely N-dealkylation sites (tertiary alicyclic amines) is 1. The number of piperidine rings is 1. The number of Topliss-reactive ketones (excluding diaryl/α,β-unsaturated/α-hetero) is 1. The molecule has 1 rings (SSSR count). The Bertz CT molecular complexity index is 297. The number of quaternary nitrogens is 1. The van der Waals surface area contributed by atoms with Gasteiger partial charge < -0.3 is 9.04 Å². The minimum absolute atomic E-state index is 0.437. The molecule has 1 aliphatic rings. The van der Waals surface area contributed by atoms with Gasteiger partial charge in [0.15, 0.2) is 0 Å². The monoisotopic (exact) mass is 239 g/mol. The summed E-state index contributed by atoms with van der Waals surface area (Å²) in [7, 11) is 0.742. The Labute approximate surface area is 90.4 Å². The number of carbonyl (C=O) groups is 1. The summed E-state index contributed by atoms with van der Waals surface area (Å²) in [6.07, 6.45) is 1.57. The van der Waals surface area contributed by atoms with Gasteiger partial charge >= 0.3 is 0 Å². The van der Waals surface area contributed by atoms with E-state index in [9.17, 15) is 17.8 Å². The molecule has 0 spiro atoms. The zero-order valence-electron chi connectivity index (χ0n) is 9.23. The van der Waals surface area contributed by atoms with E-state index in [1.165, 1.54) is 0 Å². The van der Waals surface area contributed by atoms with Crippen LogP contribution < -0.4 is 0 Å². The average molecular weight is 239 g/mol. The molecule has 0 radical (unpaired) electrons. The van der Waals surface area contributed by atoms with E-state index < -0.39 is 10.4 Å². The maximum absolute atomic E-state index is 10.7. The molecule has 0 aromatic rings. The van der Waals surface area contributed by atoms with Crippen LogP contribution in [0.25, 0.3) is 0 Å². The van der Waals surface area contributed by atoms with Gasteiger partial charge in [-0.1, -0.05) is 0 Å². The molecule has 0 saturated carbocycles. The normalized spacial score (nSPS) is 20.4. The molecule has 1 fully saturated rings. The highest BCUT2D eigenvalue weighted by Gasteiger charge is 2.23. The van der Waals surface area contributed by atoms with E-state index in [0.29, 0.717) is 5.78 Å². The van der Waals surface area contributed by atoms with Crippen molar-refractivity contribution in [1.82, 2.24) is 0 Å². The van der Waals surface area contributed by atoms with E-state index in [0.717, 1.165) is 37.5 Å². The highest BCUT2D eigenvalue weighted by atomic mass is 32.3. The fourth-order valence-electron chi connectivity index (χ4n) is 1.09. The van der Waals surface area contributed by atoms with E-state index >= 15 is 0 Å². The number of carbonyl (C=O) groups excluding carboxylic acids is 1. The van der Waals surface area contributed by atoms with Crippen LogP contribution in [0.15, 0.2) is 0 Å². The summed E-state index contributed by atoms with van der Waals surface area (Å²) in [5.74, 6) is 0.437. The second-order valence-corrected chi connectivity index (χ2v) is 5.15. The second-order valence-electron chi connectivity index (χ2n) is 4.00. The van der Waals surface area contributed by atoms with Gasteiger partial charge in [0.2, 0.25) is 10.4 Å². The topological polar surface area (TPSA) is 83.5 Å². The number of rotatable bonds is 1. The average Bonchev–Trinajstić information content (AvgIpc) is 2.10. The lowest BCUT2D eigenvalue weighted by Gasteiger charge is -2.32. The van der Waals surface area contributed by atoms with Crippen molar-refractivity contribution in [1.29, 1.82) is 0 Å². The molecule has 0 amide bonds. The number of ketones is 1. The highest BCUT2D eigenvalue weighted by molar-refractivity contribution is 7.80. The fourth-order valence-corrected chi connectivity index (χ4v) is 1.09. The van der Waals surface area contributed by atoms with Crippen molar-refractivity contribution in [3.05, 3.63) is 0 Å². The summed E-state index contributed by atoms with van der Waals surface area (Å²) < 4.78 is 32.0. The Balaban J connectivity index is 0.000000288. The van der Waals surface area contributed by atoms with Crippen LogP contribution in [0.4, 0.5) is 0 Å². The molecular formula is C8H17NO5S. The van der Waals surface area contributed by atoms with Crippen molar-refractivity contribution in [2.24, 2.45) is 0 Å². The maximum Gasteiger partial charge on any atom is 0.217 e. The SMILES string of the molecule is COS(=O)(=O)[O-].C[N+]1(C)CCC(=O)CC1. The summed E-state index contributed by atoms with van der Waals surface area (Å²) >= 11 is 0. The molecule has 0 unspecified atom stereocenters. The van der Waals surface area contributed by atoms with E-state index in [1.807, 2.05) is 0 Å². The van der Waals surface area contributed by atoms with Crippen molar-refractivity contribution in [3.8, 4) is 0 Å². The summed E-state index contributed by atoms with van der Waals surface area (Å²) in [4.78, 5) is 10.7. The summed E-state index contributed by atoms with van der Waals surface area (Å²) in [6.45, 7) is 2.05. The fraction of sp³-hybridized carbons (Fsp3) is 0.875. The van der Waals surface area contributed by atoms with Crippen molar-refractivity contribution in [2.45, 2.75) is 12.8 Å². The third kappa shape index (κ3) is 8.49. The van der Waals surface area contributed by atoms with Crippen LogP contribution in [0, 0.1) is 0 Å². The van der Waals surface area contributed by atoms with Crippen LogP contribution in [0.1, 0.15) is 12.8 Å². The lowest BCUT2D eigenvalue weighted by atomic mass is 10.1. The first-order valence-corrected chi connectivity index (χ1v) is 5.85. The van der Waals surface area contributed by atoms with Gasteiger partial charge in [-0.3, -0.25) is 8.98 Å². The van der Waals surface area contributed by atoms with Gasteiger partial charge in [-0.15, -0.1) is 0 Å². The van der Waals surface area contributed by atoms with Gasteiger partial charge in [-0.05, 0) is 0 Å². The highest BCUT2D eigenvalue weighted by Crippen LogP contribution is 2.09. The van der Waals surface area contributed by atoms with Crippen LogP contribution in [-0.2, 0) is 19.4 Å². The molecule has 0 aliphatic carbocycles. The van der Waals surface area contributed by atoms with Gasteiger partial charge in [-0.25, -0.2) is 8.42 Å². The quantitative estimate of drug-likeness (QED) is 0.350. The van der Waals surface area contributed by atoms with Gasteiger partial charge in [0.25, 0.3) is 0 Å². The zero-order valence-corrected chi connectivity index (χ0v) is 10.0. The summed E-state index contributed by atoms with van der Waals surface area (Å²) in [5.41, 5.74) is 0. The number of hydrogen-bond donors (Lipinski definition) is 0. The third-order valence-corrected chi connectivity index (χ3v) is 2.60. The second kappa shape index (κ2) is 5.55. The molecule has 1 saturated heterocycles. The van der Waals surface area contributed by atoms with Crippen LogP contribution in [0.2, 0.25) is 0 Å². The molecule has 0 aromatic carbocycles. The smallest absolute Gasteiger partial charge is 0.217 e. The first-order valence-electron chi connectivity index (χ1n) is 4.51. The summed E-state index contributed by atoms with van der Waals surface area (Å²) in [6, 6.07) is 0. The molecule has 0 atom stereocenters. The third-order valence-electron chi connectivity index (χ3n) is 2.20. The van der Waals surface area contributed by atoms with Gasteiger partial charge in [0.1, 0.15) is 5.78 Å². The Morgan fingerprint density at radius 1 is 1.27 bits per heavy atom. The number of hydrogen-bond acceptors (Lipinski definition) is 5. The minimum Gasteiger partial charge on any atom is -0.726 e.